The lowest BCUT2D eigenvalue weighted by molar-refractivity contribution is -0.126. The second-order valence-electron chi connectivity index (χ2n) is 8.13. The van der Waals surface area contributed by atoms with E-state index in [0.29, 0.717) is 55.1 Å². The van der Waals surface area contributed by atoms with Gasteiger partial charge in [-0.05, 0) is 42.8 Å². The molecule has 9 nitrogen and oxygen atoms in total. The van der Waals surface area contributed by atoms with Gasteiger partial charge in [0, 0.05) is 38.3 Å². The molecule has 9 heteroatoms. The van der Waals surface area contributed by atoms with Gasteiger partial charge in [-0.25, -0.2) is 4.98 Å². The SMILES string of the molecule is COc1cc(/C=C/C(=O)N2CCN(c3cc(Oc4ccccc4)nc(C)n3)CC2)cc(OC)c1OC. The van der Waals surface area contributed by atoms with Crippen LogP contribution in [0.1, 0.15) is 11.4 Å². The van der Waals surface area contributed by atoms with Crippen molar-refractivity contribution in [1.29, 1.82) is 0 Å². The molecule has 2 heterocycles. The van der Waals surface area contributed by atoms with E-state index in [-0.39, 0.29) is 5.91 Å². The van der Waals surface area contributed by atoms with Crippen LogP contribution in [0.15, 0.2) is 54.6 Å². The summed E-state index contributed by atoms with van der Waals surface area (Å²) in [6, 6.07) is 15.0. The zero-order valence-corrected chi connectivity index (χ0v) is 20.9. The van der Waals surface area contributed by atoms with Crippen molar-refractivity contribution in [3.63, 3.8) is 0 Å². The molecule has 2 aromatic carbocycles. The van der Waals surface area contributed by atoms with E-state index in [1.54, 1.807) is 45.6 Å². The van der Waals surface area contributed by atoms with Gasteiger partial charge in [0.15, 0.2) is 11.5 Å². The summed E-state index contributed by atoms with van der Waals surface area (Å²) < 4.78 is 22.0. The van der Waals surface area contributed by atoms with Gasteiger partial charge in [0.25, 0.3) is 0 Å². The van der Waals surface area contributed by atoms with Gasteiger partial charge in [-0.15, -0.1) is 0 Å². The van der Waals surface area contributed by atoms with Crippen LogP contribution in [0.25, 0.3) is 6.08 Å². The van der Waals surface area contributed by atoms with Crippen molar-refractivity contribution in [1.82, 2.24) is 14.9 Å². The molecule has 0 spiro atoms. The molecule has 0 saturated carbocycles. The van der Waals surface area contributed by atoms with Gasteiger partial charge in [-0.3, -0.25) is 4.79 Å². The molecule has 188 valence electrons. The van der Waals surface area contributed by atoms with Crippen molar-refractivity contribution in [3.05, 3.63) is 66.0 Å². The Balaban J connectivity index is 1.39. The van der Waals surface area contributed by atoms with Crippen LogP contribution in [0.3, 0.4) is 0 Å². The van der Waals surface area contributed by atoms with Gasteiger partial charge in [-0.2, -0.15) is 4.98 Å². The van der Waals surface area contributed by atoms with Crippen molar-refractivity contribution in [2.45, 2.75) is 6.92 Å². The van der Waals surface area contributed by atoms with E-state index in [4.69, 9.17) is 18.9 Å². The minimum atomic E-state index is -0.0598. The third kappa shape index (κ3) is 5.86. The first-order valence-electron chi connectivity index (χ1n) is 11.6. The highest BCUT2D eigenvalue weighted by molar-refractivity contribution is 5.92. The largest absolute Gasteiger partial charge is 0.493 e. The van der Waals surface area contributed by atoms with Crippen molar-refractivity contribution in [2.24, 2.45) is 0 Å². The fourth-order valence-corrected chi connectivity index (χ4v) is 3.98. The zero-order chi connectivity index (χ0) is 25.5. The molecule has 0 radical (unpaired) electrons. The minimum Gasteiger partial charge on any atom is -0.493 e. The van der Waals surface area contributed by atoms with Crippen LogP contribution in [0.5, 0.6) is 28.9 Å². The number of ether oxygens (including phenoxy) is 4. The Bertz CT molecular complexity index is 1200. The van der Waals surface area contributed by atoms with Crippen LogP contribution in [-0.2, 0) is 4.79 Å². The molecular formula is C27H30N4O5. The summed E-state index contributed by atoms with van der Waals surface area (Å²) in [6.07, 6.45) is 3.32. The first-order valence-corrected chi connectivity index (χ1v) is 11.6. The van der Waals surface area contributed by atoms with Gasteiger partial charge >= 0.3 is 0 Å². The number of para-hydroxylation sites is 1. The summed E-state index contributed by atoms with van der Waals surface area (Å²) in [4.78, 5) is 25.8. The number of anilines is 1. The molecule has 0 N–H and O–H groups in total. The second kappa shape index (κ2) is 11.4. The highest BCUT2D eigenvalue weighted by atomic mass is 16.5. The molecule has 1 amide bonds. The smallest absolute Gasteiger partial charge is 0.246 e. The zero-order valence-electron chi connectivity index (χ0n) is 20.9. The number of nitrogens with zero attached hydrogens (tertiary/aromatic N) is 4. The highest BCUT2D eigenvalue weighted by Gasteiger charge is 2.22. The third-order valence-corrected chi connectivity index (χ3v) is 5.79. The summed E-state index contributed by atoms with van der Waals surface area (Å²) in [5.74, 6) is 4.15. The first-order chi connectivity index (χ1) is 17.5. The highest BCUT2D eigenvalue weighted by Crippen LogP contribution is 2.38. The quantitative estimate of drug-likeness (QED) is 0.439. The molecule has 3 aromatic rings. The molecule has 1 fully saturated rings. The molecule has 0 bridgehead atoms. The van der Waals surface area contributed by atoms with E-state index in [9.17, 15) is 4.79 Å². The van der Waals surface area contributed by atoms with Crippen molar-refractivity contribution in [2.75, 3.05) is 52.4 Å². The number of amides is 1. The Hall–Kier alpha value is -4.27. The minimum absolute atomic E-state index is 0.0598. The Morgan fingerprint density at radius 1 is 0.889 bits per heavy atom. The maximum atomic E-state index is 12.8. The number of carbonyl (C=O) groups is 1. The summed E-state index contributed by atoms with van der Waals surface area (Å²) in [6.45, 7) is 4.32. The standard InChI is InChI=1S/C27H30N4O5/c1-19-28-24(18-25(29-19)36-21-8-6-5-7-9-21)30-12-14-31(15-13-30)26(32)11-10-20-16-22(33-2)27(35-4)23(17-20)34-3/h5-11,16-18H,12-15H2,1-4H3/b11-10+. The number of hydrogen-bond donors (Lipinski definition) is 0. The Labute approximate surface area is 210 Å². The second-order valence-corrected chi connectivity index (χ2v) is 8.13. The molecule has 1 aromatic heterocycles. The number of rotatable bonds is 8. The lowest BCUT2D eigenvalue weighted by Gasteiger charge is -2.35. The number of aryl methyl sites for hydroxylation is 1. The first kappa shape index (κ1) is 24.8. The van der Waals surface area contributed by atoms with Crippen LogP contribution in [0.2, 0.25) is 0 Å². The summed E-state index contributed by atoms with van der Waals surface area (Å²) in [5.41, 5.74) is 0.777. The number of aromatic nitrogens is 2. The third-order valence-electron chi connectivity index (χ3n) is 5.79. The fourth-order valence-electron chi connectivity index (χ4n) is 3.98. The Morgan fingerprint density at radius 3 is 2.17 bits per heavy atom. The molecule has 1 aliphatic rings. The van der Waals surface area contributed by atoms with Crippen LogP contribution < -0.4 is 23.8 Å². The maximum Gasteiger partial charge on any atom is 0.246 e. The predicted octanol–water partition coefficient (Wildman–Crippen LogP) is 3.97. The monoisotopic (exact) mass is 490 g/mol. The van der Waals surface area contributed by atoms with Crippen LogP contribution in [0, 0.1) is 6.92 Å². The van der Waals surface area contributed by atoms with Crippen LogP contribution in [-0.4, -0.2) is 68.3 Å². The van der Waals surface area contributed by atoms with Gasteiger partial charge in [0.05, 0.1) is 21.3 Å². The Morgan fingerprint density at radius 2 is 1.56 bits per heavy atom. The molecule has 1 saturated heterocycles. The molecule has 36 heavy (non-hydrogen) atoms. The summed E-state index contributed by atoms with van der Waals surface area (Å²) >= 11 is 0. The summed E-state index contributed by atoms with van der Waals surface area (Å²) in [7, 11) is 4.68. The van der Waals surface area contributed by atoms with Crippen LogP contribution >= 0.6 is 0 Å². The number of hydrogen-bond acceptors (Lipinski definition) is 8. The number of benzene rings is 2. The van der Waals surface area contributed by atoms with Crippen molar-refractivity contribution in [3.8, 4) is 28.9 Å². The molecule has 0 atom stereocenters. The van der Waals surface area contributed by atoms with Crippen molar-refractivity contribution >= 4 is 17.8 Å². The molecule has 0 unspecified atom stereocenters. The molecular weight excluding hydrogens is 460 g/mol. The average molecular weight is 491 g/mol. The van der Waals surface area contributed by atoms with E-state index < -0.39 is 0 Å². The normalized spacial score (nSPS) is 13.6. The van der Waals surface area contributed by atoms with E-state index in [1.807, 2.05) is 48.2 Å². The Kier molecular flexibility index (Phi) is 7.89. The summed E-state index contributed by atoms with van der Waals surface area (Å²) in [5, 5.41) is 0. The topological polar surface area (TPSA) is 86.3 Å². The van der Waals surface area contributed by atoms with Gasteiger partial charge in [0.1, 0.15) is 17.4 Å². The van der Waals surface area contributed by atoms with Gasteiger partial charge in [0.2, 0.25) is 17.5 Å². The number of methoxy groups -OCH3 is 3. The van der Waals surface area contributed by atoms with E-state index in [2.05, 4.69) is 14.9 Å². The van der Waals surface area contributed by atoms with Gasteiger partial charge in [-0.1, -0.05) is 18.2 Å². The number of piperazine rings is 1. The van der Waals surface area contributed by atoms with E-state index in [0.717, 1.165) is 17.1 Å². The molecule has 0 aliphatic carbocycles. The van der Waals surface area contributed by atoms with E-state index >= 15 is 0 Å². The number of carbonyl (C=O) groups excluding carboxylic acids is 1. The lowest BCUT2D eigenvalue weighted by Crippen LogP contribution is -2.48. The fraction of sp³-hybridized carbons (Fsp3) is 0.296. The molecule has 4 rings (SSSR count). The average Bonchev–Trinajstić information content (AvgIpc) is 2.91. The van der Waals surface area contributed by atoms with Crippen molar-refractivity contribution < 1.29 is 23.7 Å². The van der Waals surface area contributed by atoms with E-state index in [1.165, 1.54) is 0 Å². The molecule has 1 aliphatic heterocycles. The maximum absolute atomic E-state index is 12.8. The lowest BCUT2D eigenvalue weighted by atomic mass is 10.1. The predicted molar refractivity (Wildman–Crippen MR) is 137 cm³/mol. The van der Waals surface area contributed by atoms with Crippen LogP contribution in [0.4, 0.5) is 5.82 Å². The van der Waals surface area contributed by atoms with Gasteiger partial charge < -0.3 is 28.7 Å².